The average molecular weight is 304 g/mol. The summed E-state index contributed by atoms with van der Waals surface area (Å²) in [4.78, 5) is 14.7. The zero-order valence-corrected chi connectivity index (χ0v) is 12.6. The number of hydrogen-bond acceptors (Lipinski definition) is 4. The Balaban J connectivity index is 1.80. The molecule has 6 heteroatoms. The maximum absolute atomic E-state index is 5.64. The van der Waals surface area contributed by atoms with Gasteiger partial charge in [0.25, 0.3) is 0 Å². The van der Waals surface area contributed by atoms with Crippen LogP contribution in [0.2, 0.25) is 0 Å². The summed E-state index contributed by atoms with van der Waals surface area (Å²) in [5.41, 5.74) is 10.7. The van der Waals surface area contributed by atoms with Gasteiger partial charge in [-0.25, -0.2) is 9.97 Å². The van der Waals surface area contributed by atoms with Crippen LogP contribution in [0.1, 0.15) is 0 Å². The van der Waals surface area contributed by atoms with Crippen molar-refractivity contribution in [2.45, 2.75) is 0 Å². The lowest BCUT2D eigenvalue weighted by Gasteiger charge is -2.08. The number of hydrogen-bond donors (Lipinski definition) is 4. The summed E-state index contributed by atoms with van der Waals surface area (Å²) in [7, 11) is 1.87. The molecule has 0 radical (unpaired) electrons. The molecule has 0 spiro atoms. The highest BCUT2D eigenvalue weighted by molar-refractivity contribution is 5.95. The van der Waals surface area contributed by atoms with Crippen molar-refractivity contribution in [3.63, 3.8) is 0 Å². The minimum atomic E-state index is 0.422. The molecular formula is C17H16N6. The Bertz CT molecular complexity index is 964. The molecule has 4 aromatic rings. The van der Waals surface area contributed by atoms with Crippen LogP contribution in [0.4, 0.5) is 11.8 Å². The van der Waals surface area contributed by atoms with E-state index in [0.29, 0.717) is 5.95 Å². The Hall–Kier alpha value is -3.28. The fraction of sp³-hybridized carbons (Fsp3) is 0.0588. The van der Waals surface area contributed by atoms with E-state index in [9.17, 15) is 0 Å². The largest absolute Gasteiger partial charge is 0.373 e. The summed E-state index contributed by atoms with van der Waals surface area (Å²) in [6.45, 7) is 0. The molecule has 4 rings (SSSR count). The number of nitrogens with zero attached hydrogens (tertiary/aromatic N) is 2. The summed E-state index contributed by atoms with van der Waals surface area (Å²) in [5.74, 6) is 1.26. The molecule has 0 saturated carbocycles. The van der Waals surface area contributed by atoms with Crippen LogP contribution in [0.3, 0.4) is 0 Å². The van der Waals surface area contributed by atoms with Crippen LogP contribution < -0.4 is 11.1 Å². The SMILES string of the molecule is CNc1cc(-c2ccc(-c3cnc(N)[nH]3)cc2)c2cc[nH]c2n1. The lowest BCUT2D eigenvalue weighted by molar-refractivity contribution is 1.29. The second kappa shape index (κ2) is 5.17. The molecule has 0 saturated heterocycles. The summed E-state index contributed by atoms with van der Waals surface area (Å²) in [6, 6.07) is 12.4. The van der Waals surface area contributed by atoms with E-state index >= 15 is 0 Å². The molecule has 1 aromatic carbocycles. The number of anilines is 2. The highest BCUT2D eigenvalue weighted by atomic mass is 15.0. The third kappa shape index (κ3) is 2.30. The van der Waals surface area contributed by atoms with E-state index in [0.717, 1.165) is 39.2 Å². The van der Waals surface area contributed by atoms with Crippen LogP contribution in [0.15, 0.2) is 48.8 Å². The number of benzene rings is 1. The zero-order valence-electron chi connectivity index (χ0n) is 12.6. The minimum Gasteiger partial charge on any atom is -0.373 e. The van der Waals surface area contributed by atoms with Crippen molar-refractivity contribution < 1.29 is 0 Å². The number of pyridine rings is 1. The second-order valence-electron chi connectivity index (χ2n) is 5.30. The second-order valence-corrected chi connectivity index (χ2v) is 5.30. The fourth-order valence-corrected chi connectivity index (χ4v) is 2.72. The van der Waals surface area contributed by atoms with E-state index in [1.54, 1.807) is 6.20 Å². The van der Waals surface area contributed by atoms with Gasteiger partial charge < -0.3 is 21.0 Å². The minimum absolute atomic E-state index is 0.422. The van der Waals surface area contributed by atoms with Gasteiger partial charge in [-0.05, 0) is 28.8 Å². The van der Waals surface area contributed by atoms with Crippen LogP contribution in [0, 0.1) is 0 Å². The number of H-pyrrole nitrogens is 2. The van der Waals surface area contributed by atoms with Crippen LogP contribution in [0.5, 0.6) is 0 Å². The van der Waals surface area contributed by atoms with E-state index in [4.69, 9.17) is 5.73 Å². The van der Waals surface area contributed by atoms with Gasteiger partial charge in [0, 0.05) is 18.6 Å². The molecule has 6 nitrogen and oxygen atoms in total. The highest BCUT2D eigenvalue weighted by Crippen LogP contribution is 2.31. The molecule has 114 valence electrons. The molecule has 0 aliphatic carbocycles. The molecule has 0 aliphatic rings. The Morgan fingerprint density at radius 3 is 2.57 bits per heavy atom. The number of nitrogen functional groups attached to an aromatic ring is 1. The molecule has 0 fully saturated rings. The third-order valence-electron chi connectivity index (χ3n) is 3.89. The Morgan fingerprint density at radius 1 is 1.09 bits per heavy atom. The van der Waals surface area contributed by atoms with Crippen LogP contribution in [-0.4, -0.2) is 27.0 Å². The van der Waals surface area contributed by atoms with E-state index in [-0.39, 0.29) is 0 Å². The quantitative estimate of drug-likeness (QED) is 0.467. The van der Waals surface area contributed by atoms with Crippen molar-refractivity contribution in [1.82, 2.24) is 19.9 Å². The van der Waals surface area contributed by atoms with Crippen LogP contribution >= 0.6 is 0 Å². The fourth-order valence-electron chi connectivity index (χ4n) is 2.72. The van der Waals surface area contributed by atoms with E-state index in [2.05, 4.69) is 55.6 Å². The first-order chi connectivity index (χ1) is 11.2. The molecule has 23 heavy (non-hydrogen) atoms. The molecule has 3 aromatic heterocycles. The van der Waals surface area contributed by atoms with Gasteiger partial charge in [-0.3, -0.25) is 0 Å². The van der Waals surface area contributed by atoms with Crippen molar-refractivity contribution in [1.29, 1.82) is 0 Å². The number of imidazole rings is 1. The van der Waals surface area contributed by atoms with Crippen LogP contribution in [0.25, 0.3) is 33.4 Å². The molecule has 5 N–H and O–H groups in total. The van der Waals surface area contributed by atoms with E-state index < -0.39 is 0 Å². The summed E-state index contributed by atoms with van der Waals surface area (Å²) in [5, 5.41) is 4.20. The number of nitrogens with one attached hydrogen (secondary N) is 3. The lowest BCUT2D eigenvalue weighted by Crippen LogP contribution is -1.93. The molecule has 0 bridgehead atoms. The van der Waals surface area contributed by atoms with Crippen molar-refractivity contribution in [2.24, 2.45) is 0 Å². The molecule has 0 amide bonds. The topological polar surface area (TPSA) is 95.4 Å². The first-order valence-electron chi connectivity index (χ1n) is 7.32. The maximum atomic E-state index is 5.64. The number of fused-ring (bicyclic) bond motifs is 1. The van der Waals surface area contributed by atoms with Gasteiger partial charge in [0.1, 0.15) is 11.5 Å². The predicted molar refractivity (Wildman–Crippen MR) is 93.1 cm³/mol. The van der Waals surface area contributed by atoms with E-state index in [1.165, 1.54) is 0 Å². The summed E-state index contributed by atoms with van der Waals surface area (Å²) >= 11 is 0. The molecule has 3 heterocycles. The summed E-state index contributed by atoms with van der Waals surface area (Å²) < 4.78 is 0. The number of aromatic nitrogens is 4. The Kier molecular flexibility index (Phi) is 3.01. The van der Waals surface area contributed by atoms with Gasteiger partial charge in [0.05, 0.1) is 11.9 Å². The normalized spacial score (nSPS) is 11.0. The first-order valence-corrected chi connectivity index (χ1v) is 7.32. The number of rotatable bonds is 3. The number of nitrogens with two attached hydrogens (primary N) is 1. The highest BCUT2D eigenvalue weighted by Gasteiger charge is 2.09. The van der Waals surface area contributed by atoms with Gasteiger partial charge in [-0.15, -0.1) is 0 Å². The molecule has 0 unspecified atom stereocenters. The van der Waals surface area contributed by atoms with Crippen molar-refractivity contribution >= 4 is 22.8 Å². The number of aromatic amines is 2. The van der Waals surface area contributed by atoms with Gasteiger partial charge in [-0.1, -0.05) is 24.3 Å². The van der Waals surface area contributed by atoms with Gasteiger partial charge in [-0.2, -0.15) is 0 Å². The van der Waals surface area contributed by atoms with Crippen LogP contribution in [-0.2, 0) is 0 Å². The monoisotopic (exact) mass is 304 g/mol. The van der Waals surface area contributed by atoms with Crippen molar-refractivity contribution in [3.05, 3.63) is 48.8 Å². The van der Waals surface area contributed by atoms with Gasteiger partial charge in [0.15, 0.2) is 5.95 Å². The van der Waals surface area contributed by atoms with Gasteiger partial charge in [0.2, 0.25) is 0 Å². The molecular weight excluding hydrogens is 288 g/mol. The standard InChI is InChI=1S/C17H16N6/c1-19-15-8-13(12-6-7-20-16(12)23-15)10-2-4-11(5-3-10)14-9-21-17(18)22-14/h2-9H,1H3,(H3,18,21,22)(H2,19,20,23). The first kappa shape index (κ1) is 13.4. The van der Waals surface area contributed by atoms with E-state index in [1.807, 2.05) is 19.3 Å². The lowest BCUT2D eigenvalue weighted by atomic mass is 10.0. The third-order valence-corrected chi connectivity index (χ3v) is 3.89. The predicted octanol–water partition coefficient (Wildman–Crippen LogP) is 3.24. The Labute approximate surface area is 132 Å². The smallest absolute Gasteiger partial charge is 0.197 e. The summed E-state index contributed by atoms with van der Waals surface area (Å²) in [6.07, 6.45) is 3.64. The Morgan fingerprint density at radius 2 is 1.87 bits per heavy atom. The zero-order chi connectivity index (χ0) is 15.8. The van der Waals surface area contributed by atoms with Gasteiger partial charge >= 0.3 is 0 Å². The maximum Gasteiger partial charge on any atom is 0.197 e. The molecule has 0 atom stereocenters. The average Bonchev–Trinajstić information content (AvgIpc) is 3.22. The van der Waals surface area contributed by atoms with Crippen molar-refractivity contribution in [2.75, 3.05) is 18.1 Å². The van der Waals surface area contributed by atoms with Crippen molar-refractivity contribution in [3.8, 4) is 22.4 Å². The molecule has 0 aliphatic heterocycles.